The number of carbonyl (C=O) groups is 1. The van der Waals surface area contributed by atoms with Crippen LogP contribution < -0.4 is 11.1 Å². The number of nitrogens with two attached hydrogens (primary N) is 1. The van der Waals surface area contributed by atoms with Crippen molar-refractivity contribution >= 4 is 33.2 Å². The Kier molecular flexibility index (Phi) is 3.61. The van der Waals surface area contributed by atoms with E-state index in [1.54, 1.807) is 6.20 Å². The predicted octanol–water partition coefficient (Wildman–Crippen LogP) is 2.01. The number of amides is 1. The first kappa shape index (κ1) is 12.6. The molecular weight excluding hydrogens is 303 g/mol. The molecule has 1 heterocycles. The van der Waals surface area contributed by atoms with Gasteiger partial charge in [0.05, 0.1) is 16.4 Å². The first-order chi connectivity index (χ1) is 8.54. The molecule has 0 aliphatic rings. The van der Waals surface area contributed by atoms with Crippen LogP contribution in [0, 0.1) is 5.82 Å². The Balaban J connectivity index is 2.00. The number of rotatable bonds is 3. The number of nitrogens with one attached hydrogen (secondary N) is 1. The van der Waals surface area contributed by atoms with Gasteiger partial charge in [-0.25, -0.2) is 4.39 Å². The summed E-state index contributed by atoms with van der Waals surface area (Å²) < 4.78 is 14.7. The molecule has 0 atom stereocenters. The topological polar surface area (TPSA) is 72.9 Å². The summed E-state index contributed by atoms with van der Waals surface area (Å²) in [6, 6.07) is 4.24. The van der Waals surface area contributed by atoms with E-state index < -0.39 is 0 Å². The Labute approximate surface area is 111 Å². The molecule has 0 fully saturated rings. The lowest BCUT2D eigenvalue weighted by Crippen LogP contribution is -2.19. The zero-order valence-corrected chi connectivity index (χ0v) is 10.8. The van der Waals surface area contributed by atoms with Crippen molar-refractivity contribution in [2.75, 3.05) is 11.1 Å². The summed E-state index contributed by atoms with van der Waals surface area (Å²) in [4.78, 5) is 11.7. The monoisotopic (exact) mass is 312 g/mol. The van der Waals surface area contributed by atoms with Crippen molar-refractivity contribution in [1.82, 2.24) is 9.78 Å². The molecule has 0 bridgehead atoms. The fourth-order valence-electron chi connectivity index (χ4n) is 1.39. The highest BCUT2D eigenvalue weighted by molar-refractivity contribution is 9.10. The molecule has 2 aromatic rings. The van der Waals surface area contributed by atoms with Gasteiger partial charge >= 0.3 is 0 Å². The molecule has 0 aliphatic carbocycles. The third-order valence-electron chi connectivity index (χ3n) is 2.16. The van der Waals surface area contributed by atoms with Crippen LogP contribution in [0.2, 0.25) is 0 Å². The summed E-state index contributed by atoms with van der Waals surface area (Å²) in [5, 5.41) is 6.52. The van der Waals surface area contributed by atoms with Crippen LogP contribution >= 0.6 is 15.9 Å². The molecule has 2 rings (SSSR count). The average molecular weight is 313 g/mol. The van der Waals surface area contributed by atoms with Gasteiger partial charge in [0.15, 0.2) is 0 Å². The second kappa shape index (κ2) is 5.18. The number of hydrogen-bond donors (Lipinski definition) is 2. The molecule has 0 saturated heterocycles. The molecule has 0 unspecified atom stereocenters. The quantitative estimate of drug-likeness (QED) is 0.910. The van der Waals surface area contributed by atoms with E-state index in [2.05, 4.69) is 26.3 Å². The van der Waals surface area contributed by atoms with Gasteiger partial charge in [0.25, 0.3) is 0 Å². The fraction of sp³-hybridized carbons (Fsp3) is 0.0909. The van der Waals surface area contributed by atoms with Crippen molar-refractivity contribution in [2.45, 2.75) is 6.54 Å². The Hall–Kier alpha value is -1.89. The second-order valence-corrected chi connectivity index (χ2v) is 4.50. The minimum absolute atomic E-state index is 0.0478. The maximum Gasteiger partial charge on any atom is 0.246 e. The number of aromatic nitrogens is 2. The summed E-state index contributed by atoms with van der Waals surface area (Å²) in [6.07, 6.45) is 3.02. The molecule has 18 heavy (non-hydrogen) atoms. The zero-order chi connectivity index (χ0) is 13.1. The third kappa shape index (κ3) is 3.07. The van der Waals surface area contributed by atoms with Gasteiger partial charge in [0.2, 0.25) is 5.91 Å². The molecule has 1 amide bonds. The van der Waals surface area contributed by atoms with Crippen LogP contribution in [-0.4, -0.2) is 15.7 Å². The number of nitrogen functional groups attached to an aromatic ring is 1. The van der Waals surface area contributed by atoms with Crippen LogP contribution in [0.4, 0.5) is 15.8 Å². The van der Waals surface area contributed by atoms with Crippen LogP contribution in [0.25, 0.3) is 0 Å². The fourth-order valence-corrected chi connectivity index (χ4v) is 1.77. The average Bonchev–Trinajstić information content (AvgIpc) is 2.69. The van der Waals surface area contributed by atoms with Crippen LogP contribution in [0.15, 0.2) is 35.1 Å². The molecule has 94 valence electrons. The lowest BCUT2D eigenvalue weighted by atomic mass is 10.3. The molecule has 5 nitrogen and oxygen atoms in total. The third-order valence-corrected chi connectivity index (χ3v) is 2.77. The van der Waals surface area contributed by atoms with E-state index in [9.17, 15) is 9.18 Å². The standard InChI is InChI=1S/C11H10BrFN4O/c12-9-3-8(1-2-10(9)13)16-11(18)6-17-5-7(14)4-15-17/h1-5H,6,14H2,(H,16,18). The van der Waals surface area contributed by atoms with Crippen LogP contribution in [0.5, 0.6) is 0 Å². The van der Waals surface area contributed by atoms with E-state index in [-0.39, 0.29) is 18.3 Å². The highest BCUT2D eigenvalue weighted by Gasteiger charge is 2.06. The lowest BCUT2D eigenvalue weighted by Gasteiger charge is -2.06. The van der Waals surface area contributed by atoms with E-state index in [1.807, 2.05) is 0 Å². The minimum atomic E-state index is -0.382. The number of benzene rings is 1. The van der Waals surface area contributed by atoms with E-state index in [4.69, 9.17) is 5.73 Å². The van der Waals surface area contributed by atoms with Crippen LogP contribution in [-0.2, 0) is 11.3 Å². The summed E-state index contributed by atoms with van der Waals surface area (Å²) in [5.41, 5.74) is 6.48. The summed E-state index contributed by atoms with van der Waals surface area (Å²) >= 11 is 3.05. The smallest absolute Gasteiger partial charge is 0.246 e. The molecule has 0 aliphatic heterocycles. The van der Waals surface area contributed by atoms with Crippen molar-refractivity contribution in [1.29, 1.82) is 0 Å². The first-order valence-electron chi connectivity index (χ1n) is 5.07. The largest absolute Gasteiger partial charge is 0.396 e. The molecule has 1 aromatic heterocycles. The van der Waals surface area contributed by atoms with Crippen molar-refractivity contribution in [3.05, 3.63) is 40.9 Å². The molecule has 0 saturated carbocycles. The van der Waals surface area contributed by atoms with Gasteiger partial charge in [-0.05, 0) is 34.1 Å². The lowest BCUT2D eigenvalue weighted by molar-refractivity contribution is -0.116. The molecule has 3 N–H and O–H groups in total. The van der Waals surface area contributed by atoms with Crippen molar-refractivity contribution in [2.24, 2.45) is 0 Å². The van der Waals surface area contributed by atoms with Crippen molar-refractivity contribution in [3.8, 4) is 0 Å². The number of nitrogens with zero attached hydrogens (tertiary/aromatic N) is 2. The maximum atomic E-state index is 13.0. The van der Waals surface area contributed by atoms with Gasteiger partial charge in [-0.2, -0.15) is 5.10 Å². The van der Waals surface area contributed by atoms with E-state index >= 15 is 0 Å². The molecular formula is C11H10BrFN4O. The number of hydrogen-bond acceptors (Lipinski definition) is 3. The Morgan fingerprint density at radius 3 is 2.94 bits per heavy atom. The number of halogens is 2. The summed E-state index contributed by atoms with van der Waals surface area (Å²) in [7, 11) is 0. The van der Waals surface area contributed by atoms with Gasteiger partial charge in [-0.3, -0.25) is 9.48 Å². The molecule has 7 heteroatoms. The number of anilines is 2. The maximum absolute atomic E-state index is 13.0. The first-order valence-corrected chi connectivity index (χ1v) is 5.87. The van der Waals surface area contributed by atoms with Gasteiger partial charge in [-0.1, -0.05) is 0 Å². The number of carbonyl (C=O) groups excluding carboxylic acids is 1. The normalized spacial score (nSPS) is 10.3. The zero-order valence-electron chi connectivity index (χ0n) is 9.23. The molecule has 0 radical (unpaired) electrons. The molecule has 1 aromatic carbocycles. The highest BCUT2D eigenvalue weighted by atomic mass is 79.9. The van der Waals surface area contributed by atoms with E-state index in [0.29, 0.717) is 15.8 Å². The van der Waals surface area contributed by atoms with Gasteiger partial charge < -0.3 is 11.1 Å². The predicted molar refractivity (Wildman–Crippen MR) is 69.4 cm³/mol. The summed E-state index contributed by atoms with van der Waals surface area (Å²) in [6.45, 7) is 0.0478. The minimum Gasteiger partial charge on any atom is -0.396 e. The van der Waals surface area contributed by atoms with E-state index in [1.165, 1.54) is 29.1 Å². The van der Waals surface area contributed by atoms with Gasteiger partial charge in [0, 0.05) is 11.9 Å². The van der Waals surface area contributed by atoms with Crippen LogP contribution in [0.3, 0.4) is 0 Å². The molecule has 0 spiro atoms. The van der Waals surface area contributed by atoms with E-state index in [0.717, 1.165) is 0 Å². The SMILES string of the molecule is Nc1cnn(CC(=O)Nc2ccc(F)c(Br)c2)c1. The summed E-state index contributed by atoms with van der Waals surface area (Å²) in [5.74, 6) is -0.649. The highest BCUT2D eigenvalue weighted by Crippen LogP contribution is 2.19. The Morgan fingerprint density at radius 1 is 1.56 bits per heavy atom. The van der Waals surface area contributed by atoms with Crippen LogP contribution in [0.1, 0.15) is 0 Å². The van der Waals surface area contributed by atoms with Gasteiger partial charge in [0.1, 0.15) is 12.4 Å². The van der Waals surface area contributed by atoms with Crippen molar-refractivity contribution < 1.29 is 9.18 Å². The Bertz CT molecular complexity index is 584. The van der Waals surface area contributed by atoms with Crippen molar-refractivity contribution in [3.63, 3.8) is 0 Å². The second-order valence-electron chi connectivity index (χ2n) is 3.65. The van der Waals surface area contributed by atoms with Gasteiger partial charge in [-0.15, -0.1) is 0 Å². The Morgan fingerprint density at radius 2 is 2.33 bits per heavy atom.